The van der Waals surface area contributed by atoms with Crippen LogP contribution >= 0.6 is 11.6 Å². The van der Waals surface area contributed by atoms with Crippen LogP contribution in [0.15, 0.2) is 42.5 Å². The maximum atomic E-state index is 11.1. The van der Waals surface area contributed by atoms with E-state index < -0.39 is 0 Å². The Morgan fingerprint density at radius 2 is 1.89 bits per heavy atom. The second-order valence-corrected chi connectivity index (χ2v) is 4.49. The van der Waals surface area contributed by atoms with E-state index in [2.05, 4.69) is 0 Å². The second-order valence-electron chi connectivity index (χ2n) is 4.05. The third-order valence-corrected chi connectivity index (χ3v) is 3.16. The van der Waals surface area contributed by atoms with E-state index in [4.69, 9.17) is 16.3 Å². The summed E-state index contributed by atoms with van der Waals surface area (Å²) < 4.78 is 5.33. The number of carbonyl (C=O) groups is 1. The van der Waals surface area contributed by atoms with Crippen LogP contribution in [0, 0.1) is 0 Å². The summed E-state index contributed by atoms with van der Waals surface area (Å²) in [6.07, 6.45) is 0.817. The molecule has 0 unspecified atom stereocenters. The first-order valence-electron chi connectivity index (χ1n) is 5.79. The molecule has 0 aliphatic carbocycles. The highest BCUT2D eigenvalue weighted by atomic mass is 35.5. The van der Waals surface area contributed by atoms with Crippen molar-refractivity contribution in [3.05, 3.63) is 53.1 Å². The summed E-state index contributed by atoms with van der Waals surface area (Å²) in [5.41, 5.74) is 2.19. The average molecular weight is 276 g/mol. The Balaban J connectivity index is 2.52. The van der Waals surface area contributed by atoms with Crippen LogP contribution in [0.4, 0.5) is 11.4 Å². The number of carbonyl (C=O) groups excluding carboxylic acids is 1. The van der Waals surface area contributed by atoms with Crippen molar-refractivity contribution in [1.82, 2.24) is 0 Å². The molecular weight excluding hydrogens is 262 g/mol. The van der Waals surface area contributed by atoms with Gasteiger partial charge in [0.05, 0.1) is 18.5 Å². The van der Waals surface area contributed by atoms with Gasteiger partial charge in [0.1, 0.15) is 5.75 Å². The predicted molar refractivity (Wildman–Crippen MR) is 77.9 cm³/mol. The number of ether oxygens (including phenoxy) is 1. The van der Waals surface area contributed by atoms with Crippen LogP contribution in [0.1, 0.15) is 10.4 Å². The summed E-state index contributed by atoms with van der Waals surface area (Å²) >= 11 is 6.01. The Morgan fingerprint density at radius 1 is 1.16 bits per heavy atom. The fourth-order valence-corrected chi connectivity index (χ4v) is 2.11. The van der Waals surface area contributed by atoms with Gasteiger partial charge in [-0.3, -0.25) is 4.79 Å². The van der Waals surface area contributed by atoms with Gasteiger partial charge in [-0.2, -0.15) is 0 Å². The second kappa shape index (κ2) is 5.76. The molecule has 0 aromatic heterocycles. The van der Waals surface area contributed by atoms with Gasteiger partial charge < -0.3 is 9.64 Å². The molecule has 98 valence electrons. The smallest absolute Gasteiger partial charge is 0.152 e. The van der Waals surface area contributed by atoms with Crippen molar-refractivity contribution >= 4 is 29.3 Å². The van der Waals surface area contributed by atoms with Gasteiger partial charge in [0, 0.05) is 17.6 Å². The van der Waals surface area contributed by atoms with E-state index in [0.717, 1.165) is 23.4 Å². The summed E-state index contributed by atoms with van der Waals surface area (Å²) in [6, 6.07) is 12.8. The largest absolute Gasteiger partial charge is 0.495 e. The maximum absolute atomic E-state index is 11.1. The normalized spacial score (nSPS) is 10.1. The SMILES string of the molecule is COc1ccccc1N(C)c1cc(Cl)ccc1C=O. The topological polar surface area (TPSA) is 29.5 Å². The van der Waals surface area contributed by atoms with E-state index >= 15 is 0 Å². The first-order chi connectivity index (χ1) is 9.17. The van der Waals surface area contributed by atoms with E-state index in [0.29, 0.717) is 10.6 Å². The lowest BCUT2D eigenvalue weighted by molar-refractivity contribution is 0.112. The molecule has 2 aromatic carbocycles. The van der Waals surface area contributed by atoms with Crippen molar-refractivity contribution in [1.29, 1.82) is 0 Å². The van der Waals surface area contributed by atoms with Crippen LogP contribution < -0.4 is 9.64 Å². The summed E-state index contributed by atoms with van der Waals surface area (Å²) in [4.78, 5) is 13.0. The van der Waals surface area contributed by atoms with Crippen LogP contribution in [0.3, 0.4) is 0 Å². The number of hydrogen-bond acceptors (Lipinski definition) is 3. The fourth-order valence-electron chi connectivity index (χ4n) is 1.94. The lowest BCUT2D eigenvalue weighted by Crippen LogP contribution is -2.12. The molecule has 0 bridgehead atoms. The van der Waals surface area contributed by atoms with E-state index in [1.807, 2.05) is 36.2 Å². The zero-order chi connectivity index (χ0) is 13.8. The monoisotopic (exact) mass is 275 g/mol. The number of anilines is 2. The van der Waals surface area contributed by atoms with Gasteiger partial charge in [-0.15, -0.1) is 0 Å². The number of aldehydes is 1. The summed E-state index contributed by atoms with van der Waals surface area (Å²) in [6.45, 7) is 0. The standard InChI is InChI=1S/C15H14ClNO2/c1-17(13-5-3-4-6-15(13)19-2)14-9-12(16)8-7-11(14)10-18/h3-10H,1-2H3. The Kier molecular flexibility index (Phi) is 4.07. The number of hydrogen-bond donors (Lipinski definition) is 0. The zero-order valence-electron chi connectivity index (χ0n) is 10.8. The summed E-state index contributed by atoms with van der Waals surface area (Å²) in [5, 5.41) is 0.586. The highest BCUT2D eigenvalue weighted by molar-refractivity contribution is 6.31. The average Bonchev–Trinajstić information content (AvgIpc) is 2.46. The van der Waals surface area contributed by atoms with Gasteiger partial charge in [-0.05, 0) is 30.3 Å². The highest BCUT2D eigenvalue weighted by Crippen LogP contribution is 2.34. The molecule has 0 saturated heterocycles. The third kappa shape index (κ3) is 2.71. The van der Waals surface area contributed by atoms with Gasteiger partial charge in [-0.25, -0.2) is 0 Å². The van der Waals surface area contributed by atoms with Crippen molar-refractivity contribution in [2.24, 2.45) is 0 Å². The Morgan fingerprint density at radius 3 is 2.58 bits per heavy atom. The molecular formula is C15H14ClNO2. The molecule has 3 nitrogen and oxygen atoms in total. The lowest BCUT2D eigenvalue weighted by atomic mass is 10.1. The number of benzene rings is 2. The van der Waals surface area contributed by atoms with Gasteiger partial charge in [0.15, 0.2) is 6.29 Å². The maximum Gasteiger partial charge on any atom is 0.152 e. The van der Waals surface area contributed by atoms with Crippen molar-refractivity contribution in [2.75, 3.05) is 19.1 Å². The van der Waals surface area contributed by atoms with Crippen molar-refractivity contribution in [3.8, 4) is 5.75 Å². The number of halogens is 1. The molecule has 2 rings (SSSR count). The van der Waals surface area contributed by atoms with Crippen LogP contribution in [0.2, 0.25) is 5.02 Å². The molecule has 0 spiro atoms. The minimum Gasteiger partial charge on any atom is -0.495 e. The molecule has 0 saturated carbocycles. The molecule has 0 radical (unpaired) electrons. The van der Waals surface area contributed by atoms with E-state index in [-0.39, 0.29) is 0 Å². The van der Waals surface area contributed by atoms with Crippen molar-refractivity contribution in [3.63, 3.8) is 0 Å². The molecule has 0 amide bonds. The number of methoxy groups -OCH3 is 1. The molecule has 0 aliphatic heterocycles. The Bertz CT molecular complexity index is 598. The number of para-hydroxylation sites is 2. The first-order valence-corrected chi connectivity index (χ1v) is 6.16. The molecule has 0 N–H and O–H groups in total. The molecule has 0 aliphatic rings. The van der Waals surface area contributed by atoms with Gasteiger partial charge in [-0.1, -0.05) is 23.7 Å². The minimum atomic E-state index is 0.581. The number of rotatable bonds is 4. The molecule has 19 heavy (non-hydrogen) atoms. The van der Waals surface area contributed by atoms with E-state index in [1.165, 1.54) is 0 Å². The first kappa shape index (κ1) is 13.4. The Hall–Kier alpha value is -2.00. The third-order valence-electron chi connectivity index (χ3n) is 2.93. The minimum absolute atomic E-state index is 0.581. The fraction of sp³-hybridized carbons (Fsp3) is 0.133. The van der Waals surface area contributed by atoms with Crippen LogP contribution in [0.5, 0.6) is 5.75 Å². The molecule has 4 heteroatoms. The molecule has 2 aromatic rings. The molecule has 0 heterocycles. The molecule has 0 atom stereocenters. The van der Waals surface area contributed by atoms with Crippen LogP contribution in [-0.4, -0.2) is 20.4 Å². The number of nitrogens with zero attached hydrogens (tertiary/aromatic N) is 1. The highest BCUT2D eigenvalue weighted by Gasteiger charge is 2.13. The summed E-state index contributed by atoms with van der Waals surface area (Å²) in [7, 11) is 3.49. The quantitative estimate of drug-likeness (QED) is 0.792. The molecule has 0 fully saturated rings. The lowest BCUT2D eigenvalue weighted by Gasteiger charge is -2.23. The van der Waals surface area contributed by atoms with Gasteiger partial charge >= 0.3 is 0 Å². The van der Waals surface area contributed by atoms with Crippen molar-refractivity contribution < 1.29 is 9.53 Å². The predicted octanol–water partition coefficient (Wildman–Crippen LogP) is 3.93. The zero-order valence-corrected chi connectivity index (χ0v) is 11.5. The van der Waals surface area contributed by atoms with E-state index in [1.54, 1.807) is 25.3 Å². The van der Waals surface area contributed by atoms with Crippen LogP contribution in [-0.2, 0) is 0 Å². The Labute approximate surface area is 117 Å². The van der Waals surface area contributed by atoms with Gasteiger partial charge in [0.2, 0.25) is 0 Å². The van der Waals surface area contributed by atoms with Gasteiger partial charge in [0.25, 0.3) is 0 Å². The summed E-state index contributed by atoms with van der Waals surface area (Å²) in [5.74, 6) is 0.738. The van der Waals surface area contributed by atoms with E-state index in [9.17, 15) is 4.79 Å². The van der Waals surface area contributed by atoms with Crippen LogP contribution in [0.25, 0.3) is 0 Å². The van der Waals surface area contributed by atoms with Crippen molar-refractivity contribution in [2.45, 2.75) is 0 Å².